The lowest BCUT2D eigenvalue weighted by atomic mass is 9.81. The summed E-state index contributed by atoms with van der Waals surface area (Å²) in [5.41, 5.74) is 1.69. The highest BCUT2D eigenvalue weighted by Crippen LogP contribution is 2.34. The minimum Gasteiger partial charge on any atom is -0.341 e. The summed E-state index contributed by atoms with van der Waals surface area (Å²) in [7, 11) is 3.58. The maximum atomic E-state index is 12.8. The number of carbonyl (C=O) groups is 1. The van der Waals surface area contributed by atoms with Crippen LogP contribution in [0.1, 0.15) is 37.2 Å². The Labute approximate surface area is 163 Å². The predicted octanol–water partition coefficient (Wildman–Crippen LogP) is 2.31. The van der Waals surface area contributed by atoms with Gasteiger partial charge < -0.3 is 4.90 Å². The van der Waals surface area contributed by atoms with E-state index in [9.17, 15) is 9.59 Å². The molecule has 0 aliphatic heterocycles. The van der Waals surface area contributed by atoms with Crippen LogP contribution in [0.25, 0.3) is 11.0 Å². The zero-order valence-corrected chi connectivity index (χ0v) is 16.3. The molecule has 0 spiro atoms. The zero-order valence-electron chi connectivity index (χ0n) is 16.3. The van der Waals surface area contributed by atoms with Crippen molar-refractivity contribution in [3.05, 3.63) is 58.8 Å². The topological polar surface area (TPSA) is 73.0 Å². The standard InChI is InChI=1S/C21H25N5O2/c1-24(17-10-8-16(9-11-17)15-6-4-3-5-7-15)19(27)13-26-14-22-20-18(21(26)28)12-23-25(20)2/h3-7,12,14,16-17H,8-11,13H2,1-2H3. The molecule has 0 bridgehead atoms. The number of benzene rings is 1. The van der Waals surface area contributed by atoms with Crippen molar-refractivity contribution in [1.29, 1.82) is 0 Å². The molecule has 1 amide bonds. The monoisotopic (exact) mass is 379 g/mol. The van der Waals surface area contributed by atoms with Gasteiger partial charge in [0.15, 0.2) is 5.65 Å². The summed E-state index contributed by atoms with van der Waals surface area (Å²) in [6, 6.07) is 10.8. The molecule has 4 rings (SSSR count). The van der Waals surface area contributed by atoms with Gasteiger partial charge in [0.2, 0.25) is 5.91 Å². The van der Waals surface area contributed by atoms with Gasteiger partial charge in [-0.2, -0.15) is 5.10 Å². The molecule has 3 aromatic rings. The minimum atomic E-state index is -0.229. The average molecular weight is 379 g/mol. The van der Waals surface area contributed by atoms with Crippen LogP contribution in [-0.2, 0) is 18.4 Å². The van der Waals surface area contributed by atoms with Crippen LogP contribution in [0.5, 0.6) is 0 Å². The number of nitrogens with zero attached hydrogens (tertiary/aromatic N) is 5. The molecule has 28 heavy (non-hydrogen) atoms. The normalized spacial score (nSPS) is 19.6. The fourth-order valence-corrected chi connectivity index (χ4v) is 4.16. The summed E-state index contributed by atoms with van der Waals surface area (Å²) in [4.78, 5) is 31.4. The molecule has 2 heterocycles. The maximum Gasteiger partial charge on any atom is 0.264 e. The van der Waals surface area contributed by atoms with Crippen molar-refractivity contribution in [2.24, 2.45) is 7.05 Å². The lowest BCUT2D eigenvalue weighted by Gasteiger charge is -2.35. The molecule has 7 nitrogen and oxygen atoms in total. The van der Waals surface area contributed by atoms with Crippen LogP contribution in [0.3, 0.4) is 0 Å². The molecule has 0 unspecified atom stereocenters. The predicted molar refractivity (Wildman–Crippen MR) is 107 cm³/mol. The lowest BCUT2D eigenvalue weighted by molar-refractivity contribution is -0.133. The molecule has 2 aromatic heterocycles. The lowest BCUT2D eigenvalue weighted by Crippen LogP contribution is -2.42. The number of aryl methyl sites for hydroxylation is 1. The van der Waals surface area contributed by atoms with Crippen LogP contribution < -0.4 is 5.56 Å². The molecule has 1 aliphatic carbocycles. The van der Waals surface area contributed by atoms with Crippen molar-refractivity contribution in [1.82, 2.24) is 24.2 Å². The van der Waals surface area contributed by atoms with E-state index in [4.69, 9.17) is 0 Å². The molecule has 1 aromatic carbocycles. The van der Waals surface area contributed by atoms with E-state index in [1.165, 1.54) is 22.7 Å². The van der Waals surface area contributed by atoms with Crippen molar-refractivity contribution in [2.75, 3.05) is 7.05 Å². The quantitative estimate of drug-likeness (QED) is 0.697. The van der Waals surface area contributed by atoms with Gasteiger partial charge in [-0.1, -0.05) is 30.3 Å². The molecule has 1 fully saturated rings. The molecule has 0 atom stereocenters. The van der Waals surface area contributed by atoms with Gasteiger partial charge in [0.05, 0.1) is 6.20 Å². The highest BCUT2D eigenvalue weighted by atomic mass is 16.2. The molecule has 0 radical (unpaired) electrons. The number of fused-ring (bicyclic) bond motifs is 1. The van der Waals surface area contributed by atoms with Crippen molar-refractivity contribution < 1.29 is 4.79 Å². The molecule has 1 aliphatic rings. The van der Waals surface area contributed by atoms with Gasteiger partial charge in [-0.25, -0.2) is 4.98 Å². The first kappa shape index (κ1) is 18.4. The van der Waals surface area contributed by atoms with Crippen LogP contribution in [0.2, 0.25) is 0 Å². The first-order chi connectivity index (χ1) is 13.5. The molecular formula is C21H25N5O2. The SMILES string of the molecule is CN(C(=O)Cn1cnc2c(cnn2C)c1=O)C1CCC(c2ccccc2)CC1. The van der Waals surface area contributed by atoms with E-state index in [-0.39, 0.29) is 24.1 Å². The molecule has 7 heteroatoms. The summed E-state index contributed by atoms with van der Waals surface area (Å²) in [6.07, 6.45) is 7.06. The highest BCUT2D eigenvalue weighted by Gasteiger charge is 2.27. The number of hydrogen-bond donors (Lipinski definition) is 0. The second-order valence-electron chi connectivity index (χ2n) is 7.60. The third-order valence-corrected chi connectivity index (χ3v) is 5.93. The molecule has 0 saturated heterocycles. The van der Waals surface area contributed by atoms with Gasteiger partial charge in [-0.15, -0.1) is 0 Å². The van der Waals surface area contributed by atoms with Gasteiger partial charge in [0, 0.05) is 20.1 Å². The minimum absolute atomic E-state index is 0.00574. The summed E-state index contributed by atoms with van der Waals surface area (Å²) >= 11 is 0. The Bertz CT molecular complexity index is 1030. The van der Waals surface area contributed by atoms with E-state index < -0.39 is 0 Å². The summed E-state index contributed by atoms with van der Waals surface area (Å²) in [5, 5.41) is 4.50. The first-order valence-electron chi connectivity index (χ1n) is 9.72. The Morgan fingerprint density at radius 1 is 1.18 bits per heavy atom. The Hall–Kier alpha value is -2.96. The number of carbonyl (C=O) groups excluding carboxylic acids is 1. The average Bonchev–Trinajstić information content (AvgIpc) is 3.12. The molecule has 1 saturated carbocycles. The number of aromatic nitrogens is 4. The van der Waals surface area contributed by atoms with E-state index in [1.54, 1.807) is 16.6 Å². The van der Waals surface area contributed by atoms with E-state index in [2.05, 4.69) is 34.3 Å². The Balaban J connectivity index is 1.40. The van der Waals surface area contributed by atoms with Gasteiger partial charge in [-0.3, -0.25) is 18.8 Å². The van der Waals surface area contributed by atoms with Gasteiger partial charge >= 0.3 is 0 Å². The number of hydrogen-bond acceptors (Lipinski definition) is 4. The van der Waals surface area contributed by atoms with Crippen LogP contribution in [0, 0.1) is 0 Å². The first-order valence-corrected chi connectivity index (χ1v) is 9.72. The smallest absolute Gasteiger partial charge is 0.264 e. The maximum absolute atomic E-state index is 12.8. The summed E-state index contributed by atoms with van der Waals surface area (Å²) in [6.45, 7) is 0.00574. The fraction of sp³-hybridized carbons (Fsp3) is 0.429. The van der Waals surface area contributed by atoms with Crippen molar-refractivity contribution in [3.8, 4) is 0 Å². The van der Waals surface area contributed by atoms with E-state index in [1.807, 2.05) is 13.1 Å². The third kappa shape index (κ3) is 3.44. The number of rotatable bonds is 4. The van der Waals surface area contributed by atoms with Crippen LogP contribution in [0.4, 0.5) is 0 Å². The summed E-state index contributed by atoms with van der Waals surface area (Å²) in [5.74, 6) is 0.510. The van der Waals surface area contributed by atoms with Crippen LogP contribution in [-0.4, -0.2) is 43.2 Å². The Morgan fingerprint density at radius 2 is 1.89 bits per heavy atom. The Kier molecular flexibility index (Phi) is 4.98. The second kappa shape index (κ2) is 7.58. The van der Waals surface area contributed by atoms with Gasteiger partial charge in [0.25, 0.3) is 5.56 Å². The van der Waals surface area contributed by atoms with E-state index >= 15 is 0 Å². The van der Waals surface area contributed by atoms with Crippen LogP contribution >= 0.6 is 0 Å². The number of likely N-dealkylation sites (N-methyl/N-ethyl adjacent to an activating group) is 1. The van der Waals surface area contributed by atoms with Crippen molar-refractivity contribution in [3.63, 3.8) is 0 Å². The van der Waals surface area contributed by atoms with Crippen molar-refractivity contribution in [2.45, 2.75) is 44.2 Å². The number of amides is 1. The van der Waals surface area contributed by atoms with Crippen molar-refractivity contribution >= 4 is 16.9 Å². The highest BCUT2D eigenvalue weighted by molar-refractivity contribution is 5.77. The second-order valence-corrected chi connectivity index (χ2v) is 7.60. The molecule has 0 N–H and O–H groups in total. The van der Waals surface area contributed by atoms with Gasteiger partial charge in [0.1, 0.15) is 18.3 Å². The third-order valence-electron chi connectivity index (χ3n) is 5.93. The van der Waals surface area contributed by atoms with E-state index in [0.29, 0.717) is 17.0 Å². The van der Waals surface area contributed by atoms with Gasteiger partial charge in [-0.05, 0) is 37.2 Å². The zero-order chi connectivity index (χ0) is 19.7. The van der Waals surface area contributed by atoms with Crippen LogP contribution in [0.15, 0.2) is 47.7 Å². The molecular weight excluding hydrogens is 354 g/mol. The largest absolute Gasteiger partial charge is 0.341 e. The fourth-order valence-electron chi connectivity index (χ4n) is 4.16. The van der Waals surface area contributed by atoms with E-state index in [0.717, 1.165) is 25.7 Å². The summed E-state index contributed by atoms with van der Waals surface area (Å²) < 4.78 is 2.93. The Morgan fingerprint density at radius 3 is 2.61 bits per heavy atom. The molecule has 146 valence electrons.